The summed E-state index contributed by atoms with van der Waals surface area (Å²) in [5, 5.41) is 0. The van der Waals surface area contributed by atoms with Crippen LogP contribution in [0.4, 0.5) is 0 Å². The molecule has 0 bridgehead atoms. The molecule has 122 valence electrons. The maximum absolute atomic E-state index is 12.9. The third kappa shape index (κ3) is 3.16. The molecule has 1 aliphatic rings. The number of hydrogen-bond donors (Lipinski definition) is 0. The van der Waals surface area contributed by atoms with Crippen molar-refractivity contribution in [2.24, 2.45) is 0 Å². The Morgan fingerprint density at radius 2 is 1.83 bits per heavy atom. The number of nitrogens with zero attached hydrogens (tertiary/aromatic N) is 1. The molecule has 0 amide bonds. The van der Waals surface area contributed by atoms with E-state index in [9.17, 15) is 8.42 Å². The Morgan fingerprint density at radius 1 is 1.13 bits per heavy atom. The summed E-state index contributed by atoms with van der Waals surface area (Å²) in [7, 11) is -1.84. The van der Waals surface area contributed by atoms with Gasteiger partial charge in [-0.25, -0.2) is 8.42 Å². The molecular formula is C17H18BrNO3S. The lowest BCUT2D eigenvalue weighted by Crippen LogP contribution is -2.29. The molecule has 0 spiro atoms. The van der Waals surface area contributed by atoms with E-state index in [2.05, 4.69) is 15.9 Å². The molecule has 1 unspecified atom stereocenters. The first kappa shape index (κ1) is 16.5. The second-order valence-electron chi connectivity index (χ2n) is 5.52. The molecule has 23 heavy (non-hydrogen) atoms. The summed E-state index contributed by atoms with van der Waals surface area (Å²) >= 11 is 3.34. The van der Waals surface area contributed by atoms with Crippen molar-refractivity contribution in [3.8, 4) is 5.75 Å². The van der Waals surface area contributed by atoms with Gasteiger partial charge in [0.1, 0.15) is 5.75 Å². The van der Waals surface area contributed by atoms with Crippen LogP contribution >= 0.6 is 15.9 Å². The Balaban J connectivity index is 1.86. The number of ether oxygens (including phenoxy) is 1. The molecule has 1 fully saturated rings. The van der Waals surface area contributed by atoms with Gasteiger partial charge in [-0.05, 0) is 46.1 Å². The van der Waals surface area contributed by atoms with Gasteiger partial charge < -0.3 is 4.74 Å². The number of sulfonamides is 1. The first-order chi connectivity index (χ1) is 11.0. The second-order valence-corrected chi connectivity index (χ2v) is 8.28. The van der Waals surface area contributed by atoms with Crippen LogP contribution in [0.1, 0.15) is 17.9 Å². The van der Waals surface area contributed by atoms with Gasteiger partial charge >= 0.3 is 0 Å². The van der Waals surface area contributed by atoms with Gasteiger partial charge in [0.25, 0.3) is 0 Å². The van der Waals surface area contributed by atoms with E-state index in [1.54, 1.807) is 29.6 Å². The predicted molar refractivity (Wildman–Crippen MR) is 93.3 cm³/mol. The molecule has 0 aromatic heterocycles. The Labute approximate surface area is 145 Å². The predicted octanol–water partition coefficient (Wildman–Crippen LogP) is 3.64. The molecule has 0 radical (unpaired) electrons. The minimum absolute atomic E-state index is 0.156. The van der Waals surface area contributed by atoms with Crippen LogP contribution in [-0.2, 0) is 10.0 Å². The third-order valence-electron chi connectivity index (χ3n) is 4.18. The summed E-state index contributed by atoms with van der Waals surface area (Å²) in [6.45, 7) is 0.996. The van der Waals surface area contributed by atoms with Gasteiger partial charge in [-0.3, -0.25) is 0 Å². The van der Waals surface area contributed by atoms with Crippen molar-refractivity contribution in [2.75, 3.05) is 20.2 Å². The monoisotopic (exact) mass is 395 g/mol. The SMILES string of the molecule is COc1ccccc1C1CCN(S(=O)(=O)c2ccccc2Br)C1. The lowest BCUT2D eigenvalue weighted by molar-refractivity contribution is 0.405. The molecule has 6 heteroatoms. The molecule has 2 aromatic carbocycles. The minimum Gasteiger partial charge on any atom is -0.496 e. The summed E-state index contributed by atoms with van der Waals surface area (Å²) in [5.41, 5.74) is 1.07. The van der Waals surface area contributed by atoms with Crippen molar-refractivity contribution in [3.05, 3.63) is 58.6 Å². The van der Waals surface area contributed by atoms with Crippen molar-refractivity contribution in [1.82, 2.24) is 4.31 Å². The fourth-order valence-corrected chi connectivity index (χ4v) is 5.46. The first-order valence-electron chi connectivity index (χ1n) is 7.41. The molecule has 0 aliphatic carbocycles. The number of benzene rings is 2. The number of para-hydroxylation sites is 1. The summed E-state index contributed by atoms with van der Waals surface area (Å²) in [6.07, 6.45) is 0.796. The van der Waals surface area contributed by atoms with E-state index in [1.165, 1.54) is 0 Å². The van der Waals surface area contributed by atoms with Crippen molar-refractivity contribution >= 4 is 26.0 Å². The lowest BCUT2D eigenvalue weighted by Gasteiger charge is -2.18. The molecular weight excluding hydrogens is 378 g/mol. The molecule has 0 saturated carbocycles. The Morgan fingerprint density at radius 3 is 2.57 bits per heavy atom. The topological polar surface area (TPSA) is 46.6 Å². The lowest BCUT2D eigenvalue weighted by atomic mass is 9.97. The van der Waals surface area contributed by atoms with Crippen LogP contribution in [0.15, 0.2) is 57.9 Å². The third-order valence-corrected chi connectivity index (χ3v) is 7.06. The van der Waals surface area contributed by atoms with Crippen LogP contribution in [0, 0.1) is 0 Å². The van der Waals surface area contributed by atoms with Gasteiger partial charge in [-0.1, -0.05) is 30.3 Å². The summed E-state index contributed by atoms with van der Waals surface area (Å²) < 4.78 is 33.3. The van der Waals surface area contributed by atoms with E-state index in [0.29, 0.717) is 22.5 Å². The van der Waals surface area contributed by atoms with Crippen molar-refractivity contribution in [2.45, 2.75) is 17.2 Å². The zero-order valence-corrected chi connectivity index (χ0v) is 15.2. The van der Waals surface area contributed by atoms with Gasteiger partial charge in [-0.15, -0.1) is 0 Å². The van der Waals surface area contributed by atoms with Gasteiger partial charge in [0.2, 0.25) is 10.0 Å². The average Bonchev–Trinajstić information content (AvgIpc) is 3.05. The normalized spacial score (nSPS) is 19.0. The van der Waals surface area contributed by atoms with E-state index >= 15 is 0 Å². The Kier molecular flexibility index (Phi) is 4.75. The number of halogens is 1. The van der Waals surface area contributed by atoms with E-state index in [0.717, 1.165) is 17.7 Å². The maximum atomic E-state index is 12.9. The van der Waals surface area contributed by atoms with E-state index in [4.69, 9.17) is 4.74 Å². The highest BCUT2D eigenvalue weighted by atomic mass is 79.9. The molecule has 4 nitrogen and oxygen atoms in total. The first-order valence-corrected chi connectivity index (χ1v) is 9.65. The van der Waals surface area contributed by atoms with E-state index in [1.807, 2.05) is 30.3 Å². The van der Waals surface area contributed by atoms with Crippen LogP contribution in [0.25, 0.3) is 0 Å². The fourth-order valence-electron chi connectivity index (χ4n) is 3.00. The number of methoxy groups -OCH3 is 1. The highest BCUT2D eigenvalue weighted by molar-refractivity contribution is 9.10. The van der Waals surface area contributed by atoms with Crippen LogP contribution in [-0.4, -0.2) is 32.9 Å². The van der Waals surface area contributed by atoms with Crippen LogP contribution < -0.4 is 4.74 Å². The van der Waals surface area contributed by atoms with Crippen molar-refractivity contribution in [1.29, 1.82) is 0 Å². The molecule has 1 heterocycles. The van der Waals surface area contributed by atoms with Crippen molar-refractivity contribution in [3.63, 3.8) is 0 Å². The fraction of sp³-hybridized carbons (Fsp3) is 0.294. The maximum Gasteiger partial charge on any atom is 0.244 e. The van der Waals surface area contributed by atoms with E-state index in [-0.39, 0.29) is 5.92 Å². The number of rotatable bonds is 4. The molecule has 1 aliphatic heterocycles. The van der Waals surface area contributed by atoms with Crippen molar-refractivity contribution < 1.29 is 13.2 Å². The minimum atomic E-state index is -3.48. The largest absolute Gasteiger partial charge is 0.496 e. The Hall–Kier alpha value is -1.37. The van der Waals surface area contributed by atoms with Crippen LogP contribution in [0.5, 0.6) is 5.75 Å². The molecule has 1 saturated heterocycles. The summed E-state index contributed by atoms with van der Waals surface area (Å²) in [5.74, 6) is 0.973. The molecule has 0 N–H and O–H groups in total. The highest BCUT2D eigenvalue weighted by Gasteiger charge is 2.35. The molecule has 1 atom stereocenters. The average molecular weight is 396 g/mol. The standard InChI is InChI=1S/C17H18BrNO3S/c1-22-16-8-4-2-6-14(16)13-10-11-19(12-13)23(20,21)17-9-5-3-7-15(17)18/h2-9,13H,10-12H2,1H3. The van der Waals surface area contributed by atoms with Crippen LogP contribution in [0.2, 0.25) is 0 Å². The Bertz CT molecular complexity index is 807. The number of hydrogen-bond acceptors (Lipinski definition) is 3. The van der Waals surface area contributed by atoms with Gasteiger partial charge in [0.05, 0.1) is 12.0 Å². The molecule has 3 rings (SSSR count). The molecule has 2 aromatic rings. The van der Waals surface area contributed by atoms with Gasteiger partial charge in [0.15, 0.2) is 0 Å². The highest BCUT2D eigenvalue weighted by Crippen LogP contribution is 2.36. The van der Waals surface area contributed by atoms with E-state index < -0.39 is 10.0 Å². The quantitative estimate of drug-likeness (QED) is 0.793. The zero-order valence-electron chi connectivity index (χ0n) is 12.8. The summed E-state index contributed by atoms with van der Waals surface area (Å²) in [6, 6.07) is 14.8. The van der Waals surface area contributed by atoms with Gasteiger partial charge in [0, 0.05) is 23.5 Å². The summed E-state index contributed by atoms with van der Waals surface area (Å²) in [4.78, 5) is 0.320. The van der Waals surface area contributed by atoms with Gasteiger partial charge in [-0.2, -0.15) is 4.31 Å². The second kappa shape index (κ2) is 6.63. The zero-order chi connectivity index (χ0) is 16.4. The van der Waals surface area contributed by atoms with Crippen LogP contribution in [0.3, 0.4) is 0 Å². The smallest absolute Gasteiger partial charge is 0.244 e.